The van der Waals surface area contributed by atoms with E-state index >= 15 is 0 Å². The van der Waals surface area contributed by atoms with Crippen molar-refractivity contribution in [1.29, 1.82) is 5.26 Å². The molecule has 0 spiro atoms. The van der Waals surface area contributed by atoms with Crippen LogP contribution in [0.25, 0.3) is 0 Å². The molecule has 5 heteroatoms. The predicted molar refractivity (Wildman–Crippen MR) is 164 cm³/mol. The minimum absolute atomic E-state index is 0.283. The monoisotopic (exact) mass is 529 g/mol. The Hall–Kier alpha value is -3.52. The van der Waals surface area contributed by atoms with Crippen LogP contribution in [0.4, 0.5) is 0 Å². The van der Waals surface area contributed by atoms with E-state index in [0.717, 1.165) is 52.3 Å². The van der Waals surface area contributed by atoms with Crippen LogP contribution in [-0.4, -0.2) is 18.9 Å². The van der Waals surface area contributed by atoms with Crippen molar-refractivity contribution < 1.29 is 9.47 Å². The topological polar surface area (TPSA) is 80.6 Å². The Kier molecular flexibility index (Phi) is 11.9. The maximum atomic E-state index is 10.1. The van der Waals surface area contributed by atoms with Crippen LogP contribution in [0.3, 0.4) is 0 Å². The minimum Gasteiger partial charge on any atom is -0.492 e. The second-order valence-corrected chi connectivity index (χ2v) is 11.3. The molecule has 0 aromatic heterocycles. The van der Waals surface area contributed by atoms with Crippen LogP contribution in [0.1, 0.15) is 103 Å². The zero-order valence-electron chi connectivity index (χ0n) is 25.4. The molecule has 2 aromatic carbocycles. The summed E-state index contributed by atoms with van der Waals surface area (Å²) in [4.78, 5) is 4.48. The number of nitrogens with two attached hydrogens (primary N) is 1. The lowest BCUT2D eigenvalue weighted by Gasteiger charge is -2.29. The summed E-state index contributed by atoms with van der Waals surface area (Å²) in [6.07, 6.45) is 5.76. The van der Waals surface area contributed by atoms with Crippen LogP contribution in [0.5, 0.6) is 11.5 Å². The lowest BCUT2D eigenvalue weighted by molar-refractivity contribution is 0.284. The zero-order chi connectivity index (χ0) is 29.2. The van der Waals surface area contributed by atoms with Gasteiger partial charge in [-0.25, -0.2) is 4.99 Å². The van der Waals surface area contributed by atoms with E-state index in [1.807, 2.05) is 51.1 Å². The molecule has 0 aliphatic rings. The number of ether oxygens (including phenoxy) is 2. The number of nitrogens with zero attached hydrogens (tertiary/aromatic N) is 2. The maximum absolute atomic E-state index is 10.1. The van der Waals surface area contributed by atoms with Crippen molar-refractivity contribution in [2.75, 3.05) is 13.2 Å². The standard InChI is InChI=1S/C34H47N3O2/c1-10-12-29(37-33(36)24(5)6)22-39-30-15-13-27(14-16-30)34(8,9)28-19-26(21-35)32(38-18-17-23(3)4)31(20-28)25(7)11-2/h10,12-16,19-20,23,25H,11,17-18,22,36H2,1-9H3/b12-10-,37-29+. The van der Waals surface area contributed by atoms with E-state index in [-0.39, 0.29) is 11.3 Å². The summed E-state index contributed by atoms with van der Waals surface area (Å²) in [5.41, 5.74) is 11.4. The number of nitriles is 1. The smallest absolute Gasteiger partial charge is 0.140 e. The average Bonchev–Trinajstić information content (AvgIpc) is 2.91. The number of aliphatic imine (C=N–C) groups is 1. The van der Waals surface area contributed by atoms with Crippen LogP contribution in [0.15, 0.2) is 64.9 Å². The molecule has 2 N–H and O–H groups in total. The fraction of sp³-hybridized carbons (Fsp3) is 0.471. The maximum Gasteiger partial charge on any atom is 0.140 e. The highest BCUT2D eigenvalue weighted by Gasteiger charge is 2.27. The summed E-state index contributed by atoms with van der Waals surface area (Å²) in [6.45, 7) is 19.9. The molecule has 2 rings (SSSR count). The summed E-state index contributed by atoms with van der Waals surface area (Å²) in [5.74, 6) is 2.84. The molecule has 39 heavy (non-hydrogen) atoms. The molecule has 1 unspecified atom stereocenters. The summed E-state index contributed by atoms with van der Waals surface area (Å²) in [6, 6.07) is 14.8. The first-order valence-electron chi connectivity index (χ1n) is 14.0. The van der Waals surface area contributed by atoms with Crippen molar-refractivity contribution in [3.8, 4) is 17.6 Å². The number of rotatable bonds is 13. The molecule has 5 nitrogen and oxygen atoms in total. The van der Waals surface area contributed by atoms with Crippen LogP contribution in [-0.2, 0) is 5.41 Å². The van der Waals surface area contributed by atoms with Gasteiger partial charge in [0.05, 0.1) is 17.9 Å². The molecule has 0 saturated carbocycles. The van der Waals surface area contributed by atoms with E-state index in [9.17, 15) is 5.26 Å². The molecule has 210 valence electrons. The van der Waals surface area contributed by atoms with Gasteiger partial charge in [0.25, 0.3) is 0 Å². The quantitative estimate of drug-likeness (QED) is 0.264. The van der Waals surface area contributed by atoms with Gasteiger partial charge in [-0.15, -0.1) is 0 Å². The average molecular weight is 530 g/mol. The highest BCUT2D eigenvalue weighted by molar-refractivity contribution is 5.96. The van der Waals surface area contributed by atoms with Gasteiger partial charge in [-0.1, -0.05) is 65.8 Å². The van der Waals surface area contributed by atoms with Gasteiger partial charge in [-0.3, -0.25) is 0 Å². The van der Waals surface area contributed by atoms with E-state index in [0.29, 0.717) is 30.5 Å². The third-order valence-corrected chi connectivity index (χ3v) is 7.14. The minimum atomic E-state index is -0.321. The fourth-order valence-corrected chi connectivity index (χ4v) is 4.11. The molecule has 0 fully saturated rings. The molecule has 0 radical (unpaired) electrons. The van der Waals surface area contributed by atoms with Gasteiger partial charge in [0.15, 0.2) is 0 Å². The molecule has 0 saturated heterocycles. The van der Waals surface area contributed by atoms with Crippen LogP contribution in [0.2, 0.25) is 0 Å². The van der Waals surface area contributed by atoms with Gasteiger partial charge in [0.1, 0.15) is 30.0 Å². The molecule has 2 aromatic rings. The fourth-order valence-electron chi connectivity index (χ4n) is 4.11. The highest BCUT2D eigenvalue weighted by Crippen LogP contribution is 2.40. The molecule has 0 aliphatic heterocycles. The van der Waals surface area contributed by atoms with Gasteiger partial charge in [0.2, 0.25) is 0 Å². The number of benzene rings is 2. The van der Waals surface area contributed by atoms with Crippen LogP contribution >= 0.6 is 0 Å². The Balaban J connectivity index is 2.36. The normalized spacial score (nSPS) is 12.9. The highest BCUT2D eigenvalue weighted by atomic mass is 16.5. The van der Waals surface area contributed by atoms with Gasteiger partial charge in [-0.2, -0.15) is 5.26 Å². The van der Waals surface area contributed by atoms with Gasteiger partial charge < -0.3 is 15.2 Å². The Bertz CT molecular complexity index is 1220. The van der Waals surface area contributed by atoms with Gasteiger partial charge in [0, 0.05) is 5.41 Å². The first kappa shape index (κ1) is 31.7. The number of hydrogen-bond acceptors (Lipinski definition) is 5. The van der Waals surface area contributed by atoms with Crippen LogP contribution < -0.4 is 15.2 Å². The summed E-state index contributed by atoms with van der Waals surface area (Å²) in [7, 11) is 0. The van der Waals surface area contributed by atoms with Crippen molar-refractivity contribution in [2.24, 2.45) is 16.6 Å². The SMILES string of the molecule is C/C=C\C(COc1ccc(C(C)(C)c2cc(C#N)c(OCCC(C)C)c(C(C)CC)c2)cc1)=N/C(N)=C(C)C. The van der Waals surface area contributed by atoms with Crippen molar-refractivity contribution in [3.63, 3.8) is 0 Å². The zero-order valence-corrected chi connectivity index (χ0v) is 25.4. The second-order valence-electron chi connectivity index (χ2n) is 11.3. The summed E-state index contributed by atoms with van der Waals surface area (Å²) in [5, 5.41) is 10.1. The van der Waals surface area contributed by atoms with Gasteiger partial charge >= 0.3 is 0 Å². The molecule has 1 atom stereocenters. The van der Waals surface area contributed by atoms with E-state index in [4.69, 9.17) is 15.2 Å². The molecule has 0 amide bonds. The van der Waals surface area contributed by atoms with Crippen molar-refractivity contribution >= 4 is 5.71 Å². The Morgan fingerprint density at radius 2 is 1.74 bits per heavy atom. The van der Waals surface area contributed by atoms with E-state index in [2.05, 4.69) is 70.8 Å². The lowest BCUT2D eigenvalue weighted by atomic mass is 9.76. The van der Waals surface area contributed by atoms with Crippen molar-refractivity contribution in [1.82, 2.24) is 0 Å². The molecular formula is C34H47N3O2. The van der Waals surface area contributed by atoms with E-state index in [1.54, 1.807) is 0 Å². The Morgan fingerprint density at radius 1 is 1.08 bits per heavy atom. The van der Waals surface area contributed by atoms with E-state index < -0.39 is 0 Å². The summed E-state index contributed by atoms with van der Waals surface area (Å²) < 4.78 is 12.2. The third kappa shape index (κ3) is 8.75. The van der Waals surface area contributed by atoms with Gasteiger partial charge in [-0.05, 0) is 92.0 Å². The van der Waals surface area contributed by atoms with Crippen LogP contribution in [0, 0.1) is 17.2 Å². The van der Waals surface area contributed by atoms with Crippen molar-refractivity contribution in [3.05, 3.63) is 82.2 Å². The first-order valence-corrected chi connectivity index (χ1v) is 14.0. The summed E-state index contributed by atoms with van der Waals surface area (Å²) >= 11 is 0. The second kappa shape index (κ2) is 14.6. The Morgan fingerprint density at radius 3 is 2.28 bits per heavy atom. The molecular weight excluding hydrogens is 482 g/mol. The predicted octanol–water partition coefficient (Wildman–Crippen LogP) is 8.43. The van der Waals surface area contributed by atoms with Crippen molar-refractivity contribution in [2.45, 2.75) is 86.5 Å². The molecule has 0 heterocycles. The Labute approximate surface area is 236 Å². The number of hydrogen-bond donors (Lipinski definition) is 1. The van der Waals surface area contributed by atoms with E-state index in [1.165, 1.54) is 0 Å². The lowest BCUT2D eigenvalue weighted by Crippen LogP contribution is -2.20. The largest absolute Gasteiger partial charge is 0.492 e. The first-order chi connectivity index (χ1) is 18.4. The third-order valence-electron chi connectivity index (χ3n) is 7.14. The molecule has 0 bridgehead atoms. The molecule has 0 aliphatic carbocycles. The number of allylic oxidation sites excluding steroid dienone is 2.